The largest absolute Gasteiger partial charge is 0.489 e. The number of rotatable bonds is 11. The molecule has 0 saturated carbocycles. The van der Waals surface area contributed by atoms with Gasteiger partial charge in [-0.2, -0.15) is 0 Å². The quantitative estimate of drug-likeness (QED) is 0.335. The van der Waals surface area contributed by atoms with Crippen LogP contribution in [0.25, 0.3) is 0 Å². The van der Waals surface area contributed by atoms with Crippen molar-refractivity contribution in [2.75, 3.05) is 39.0 Å². The second kappa shape index (κ2) is 11.8. The standard InChI is InChI=1S/C18H31FN4O3S/c1-5-20-18(21-11-8-12-23(6-2)27(4,24)25)22-14-15(3)26-17-10-7-9-16(19)13-17/h7,9-10,13,15H,5-6,8,11-12,14H2,1-4H3,(H2,20,21,22). The molecular weight excluding hydrogens is 371 g/mol. The molecule has 0 spiro atoms. The van der Waals surface area contributed by atoms with Gasteiger partial charge in [0.05, 0.1) is 12.8 Å². The van der Waals surface area contributed by atoms with E-state index in [0.29, 0.717) is 50.9 Å². The van der Waals surface area contributed by atoms with E-state index in [1.165, 1.54) is 22.7 Å². The molecule has 0 heterocycles. The van der Waals surface area contributed by atoms with E-state index in [0.717, 1.165) is 0 Å². The summed E-state index contributed by atoms with van der Waals surface area (Å²) in [5.74, 6) is 0.763. The van der Waals surface area contributed by atoms with Crippen molar-refractivity contribution in [2.24, 2.45) is 4.99 Å². The predicted octanol–water partition coefficient (Wildman–Crippen LogP) is 1.82. The molecule has 1 rings (SSSR count). The number of aliphatic imine (C=N–C) groups is 1. The number of guanidine groups is 1. The Bertz CT molecular complexity index is 698. The zero-order valence-corrected chi connectivity index (χ0v) is 17.4. The summed E-state index contributed by atoms with van der Waals surface area (Å²) in [7, 11) is -3.16. The van der Waals surface area contributed by atoms with Crippen LogP contribution < -0.4 is 15.4 Å². The fourth-order valence-electron chi connectivity index (χ4n) is 2.39. The van der Waals surface area contributed by atoms with Gasteiger partial charge >= 0.3 is 0 Å². The first kappa shape index (κ1) is 23.2. The van der Waals surface area contributed by atoms with E-state index >= 15 is 0 Å². The molecule has 154 valence electrons. The molecule has 1 aromatic carbocycles. The molecule has 0 aromatic heterocycles. The molecule has 9 heteroatoms. The highest BCUT2D eigenvalue weighted by molar-refractivity contribution is 7.88. The predicted molar refractivity (Wildman–Crippen MR) is 107 cm³/mol. The fourth-order valence-corrected chi connectivity index (χ4v) is 3.32. The summed E-state index contributed by atoms with van der Waals surface area (Å²) in [6.07, 6.45) is 1.67. The Morgan fingerprint density at radius 3 is 2.67 bits per heavy atom. The molecule has 0 saturated heterocycles. The highest BCUT2D eigenvalue weighted by atomic mass is 32.2. The van der Waals surface area contributed by atoms with Crippen LogP contribution in [0.2, 0.25) is 0 Å². The van der Waals surface area contributed by atoms with Gasteiger partial charge in [-0.15, -0.1) is 0 Å². The van der Waals surface area contributed by atoms with Gasteiger partial charge in [0, 0.05) is 32.2 Å². The third kappa shape index (κ3) is 9.58. The van der Waals surface area contributed by atoms with Crippen molar-refractivity contribution in [3.63, 3.8) is 0 Å². The molecule has 0 aliphatic heterocycles. The van der Waals surface area contributed by atoms with Crippen molar-refractivity contribution in [3.8, 4) is 5.75 Å². The SMILES string of the molecule is CCNC(=NCC(C)Oc1cccc(F)c1)NCCCN(CC)S(C)(=O)=O. The maximum absolute atomic E-state index is 13.2. The number of halogens is 1. The summed E-state index contributed by atoms with van der Waals surface area (Å²) in [5, 5.41) is 6.32. The van der Waals surface area contributed by atoms with E-state index in [2.05, 4.69) is 15.6 Å². The van der Waals surface area contributed by atoms with Crippen molar-refractivity contribution >= 4 is 16.0 Å². The molecule has 0 radical (unpaired) electrons. The Balaban J connectivity index is 2.47. The number of hydrogen-bond acceptors (Lipinski definition) is 4. The highest BCUT2D eigenvalue weighted by Crippen LogP contribution is 2.13. The molecule has 0 bridgehead atoms. The van der Waals surface area contributed by atoms with Crippen LogP contribution in [0, 0.1) is 5.82 Å². The fraction of sp³-hybridized carbons (Fsp3) is 0.611. The average molecular weight is 403 g/mol. The van der Waals surface area contributed by atoms with Crippen molar-refractivity contribution in [2.45, 2.75) is 33.3 Å². The van der Waals surface area contributed by atoms with Gasteiger partial charge < -0.3 is 15.4 Å². The number of nitrogens with zero attached hydrogens (tertiary/aromatic N) is 2. The zero-order chi connectivity index (χ0) is 20.3. The monoisotopic (exact) mass is 402 g/mol. The lowest BCUT2D eigenvalue weighted by atomic mass is 10.3. The first-order valence-electron chi connectivity index (χ1n) is 9.15. The number of benzene rings is 1. The van der Waals surface area contributed by atoms with Gasteiger partial charge in [0.2, 0.25) is 10.0 Å². The van der Waals surface area contributed by atoms with Crippen LogP contribution in [0.5, 0.6) is 5.75 Å². The van der Waals surface area contributed by atoms with Gasteiger partial charge in [-0.1, -0.05) is 13.0 Å². The van der Waals surface area contributed by atoms with Crippen molar-refractivity contribution in [1.29, 1.82) is 0 Å². The second-order valence-corrected chi connectivity index (χ2v) is 8.12. The zero-order valence-electron chi connectivity index (χ0n) is 16.5. The van der Waals surface area contributed by atoms with E-state index in [1.807, 2.05) is 20.8 Å². The van der Waals surface area contributed by atoms with Gasteiger partial charge in [0.25, 0.3) is 0 Å². The Morgan fingerprint density at radius 2 is 2.07 bits per heavy atom. The highest BCUT2D eigenvalue weighted by Gasteiger charge is 2.13. The van der Waals surface area contributed by atoms with Crippen LogP contribution in [-0.4, -0.2) is 63.8 Å². The smallest absolute Gasteiger partial charge is 0.211 e. The van der Waals surface area contributed by atoms with Gasteiger partial charge in [0.1, 0.15) is 17.7 Å². The topological polar surface area (TPSA) is 83.0 Å². The van der Waals surface area contributed by atoms with Crippen LogP contribution in [0.1, 0.15) is 27.2 Å². The lowest BCUT2D eigenvalue weighted by molar-refractivity contribution is 0.229. The molecule has 27 heavy (non-hydrogen) atoms. The Morgan fingerprint density at radius 1 is 1.33 bits per heavy atom. The molecule has 1 atom stereocenters. The van der Waals surface area contributed by atoms with Crippen LogP contribution in [0.3, 0.4) is 0 Å². The Kier molecular flexibility index (Phi) is 10.1. The average Bonchev–Trinajstić information content (AvgIpc) is 2.58. The second-order valence-electron chi connectivity index (χ2n) is 6.14. The minimum Gasteiger partial charge on any atom is -0.489 e. The summed E-state index contributed by atoms with van der Waals surface area (Å²) in [6, 6.07) is 6.01. The summed E-state index contributed by atoms with van der Waals surface area (Å²) in [5.41, 5.74) is 0. The number of hydrogen-bond donors (Lipinski definition) is 2. The van der Waals surface area contributed by atoms with Crippen LogP contribution in [-0.2, 0) is 10.0 Å². The summed E-state index contributed by atoms with van der Waals surface area (Å²) >= 11 is 0. The lowest BCUT2D eigenvalue weighted by Crippen LogP contribution is -2.40. The van der Waals surface area contributed by atoms with E-state index in [9.17, 15) is 12.8 Å². The van der Waals surface area contributed by atoms with E-state index in [4.69, 9.17) is 4.74 Å². The lowest BCUT2D eigenvalue weighted by Gasteiger charge is -2.18. The first-order chi connectivity index (χ1) is 12.8. The van der Waals surface area contributed by atoms with Crippen molar-refractivity contribution < 1.29 is 17.5 Å². The molecule has 2 N–H and O–H groups in total. The summed E-state index contributed by atoms with van der Waals surface area (Å²) in [6.45, 7) is 8.26. The Labute approximate surface area is 162 Å². The normalized spacial score (nSPS) is 13.5. The number of nitrogens with one attached hydrogen (secondary N) is 2. The number of sulfonamides is 1. The minimum atomic E-state index is -3.16. The third-order valence-electron chi connectivity index (χ3n) is 3.68. The van der Waals surface area contributed by atoms with Crippen molar-refractivity contribution in [1.82, 2.24) is 14.9 Å². The van der Waals surface area contributed by atoms with Gasteiger partial charge in [-0.25, -0.2) is 22.1 Å². The van der Waals surface area contributed by atoms with E-state index in [1.54, 1.807) is 12.1 Å². The first-order valence-corrected chi connectivity index (χ1v) is 11.0. The van der Waals surface area contributed by atoms with Crippen LogP contribution >= 0.6 is 0 Å². The molecule has 7 nitrogen and oxygen atoms in total. The maximum atomic E-state index is 13.2. The Hall–Kier alpha value is -1.87. The van der Waals surface area contributed by atoms with Crippen LogP contribution in [0.15, 0.2) is 29.3 Å². The molecule has 0 fully saturated rings. The molecule has 0 amide bonds. The minimum absolute atomic E-state index is 0.219. The molecule has 1 aromatic rings. The molecule has 0 aliphatic carbocycles. The summed E-state index contributed by atoms with van der Waals surface area (Å²) < 4.78 is 43.4. The van der Waals surface area contributed by atoms with Gasteiger partial charge in [-0.3, -0.25) is 0 Å². The molecular formula is C18H31FN4O3S. The number of ether oxygens (including phenoxy) is 1. The van der Waals surface area contributed by atoms with Gasteiger partial charge in [0.15, 0.2) is 5.96 Å². The van der Waals surface area contributed by atoms with E-state index in [-0.39, 0.29) is 11.9 Å². The van der Waals surface area contributed by atoms with Crippen molar-refractivity contribution in [3.05, 3.63) is 30.1 Å². The van der Waals surface area contributed by atoms with Crippen LogP contribution in [0.4, 0.5) is 4.39 Å². The molecule has 0 aliphatic rings. The third-order valence-corrected chi connectivity index (χ3v) is 5.06. The molecule has 1 unspecified atom stereocenters. The van der Waals surface area contributed by atoms with E-state index < -0.39 is 10.0 Å². The van der Waals surface area contributed by atoms with Gasteiger partial charge in [-0.05, 0) is 32.4 Å². The maximum Gasteiger partial charge on any atom is 0.211 e. The summed E-state index contributed by atoms with van der Waals surface area (Å²) in [4.78, 5) is 4.46.